The third-order valence-corrected chi connectivity index (χ3v) is 3.04. The van der Waals surface area contributed by atoms with Gasteiger partial charge >= 0.3 is 5.97 Å². The van der Waals surface area contributed by atoms with E-state index in [1.54, 1.807) is 0 Å². The number of hydrogen-bond acceptors (Lipinski definition) is 2. The Hall–Kier alpha value is -0.790. The van der Waals surface area contributed by atoms with Crippen molar-refractivity contribution in [3.63, 3.8) is 0 Å². The van der Waals surface area contributed by atoms with Crippen molar-refractivity contribution in [1.82, 2.24) is 0 Å². The molecule has 12 heavy (non-hydrogen) atoms. The Morgan fingerprint density at radius 2 is 2.17 bits per heavy atom. The fourth-order valence-electron chi connectivity index (χ4n) is 2.23. The van der Waals surface area contributed by atoms with Crippen molar-refractivity contribution in [3.05, 3.63) is 12.2 Å². The second-order valence-electron chi connectivity index (χ2n) is 3.95. The molecule has 1 heterocycles. The summed E-state index contributed by atoms with van der Waals surface area (Å²) in [5.74, 6) is 1.39. The van der Waals surface area contributed by atoms with Crippen LogP contribution in [-0.2, 0) is 9.53 Å². The maximum atomic E-state index is 11.4. The third kappa shape index (κ3) is 0.977. The van der Waals surface area contributed by atoms with Gasteiger partial charge in [-0.25, -0.2) is 0 Å². The van der Waals surface area contributed by atoms with Crippen molar-refractivity contribution < 1.29 is 9.53 Å². The van der Waals surface area contributed by atoms with Crippen LogP contribution in [0.15, 0.2) is 12.2 Å². The van der Waals surface area contributed by atoms with Crippen LogP contribution in [-0.4, -0.2) is 12.6 Å². The second-order valence-corrected chi connectivity index (χ2v) is 3.95. The van der Waals surface area contributed by atoms with Crippen LogP contribution in [0.3, 0.4) is 0 Å². The molecular formula is C10H14O2. The van der Waals surface area contributed by atoms with E-state index in [4.69, 9.17) is 4.74 Å². The molecule has 1 aliphatic carbocycles. The summed E-state index contributed by atoms with van der Waals surface area (Å²) in [6.07, 6.45) is 4.32. The van der Waals surface area contributed by atoms with Crippen molar-refractivity contribution in [2.24, 2.45) is 23.7 Å². The highest BCUT2D eigenvalue weighted by Gasteiger charge is 2.42. The van der Waals surface area contributed by atoms with Gasteiger partial charge in [0.25, 0.3) is 0 Å². The molecule has 1 aliphatic heterocycles. The molecule has 0 amide bonds. The van der Waals surface area contributed by atoms with Crippen LogP contribution in [0, 0.1) is 23.7 Å². The Morgan fingerprint density at radius 1 is 1.42 bits per heavy atom. The van der Waals surface area contributed by atoms with E-state index < -0.39 is 0 Å². The summed E-state index contributed by atoms with van der Waals surface area (Å²) in [7, 11) is 0. The first-order valence-corrected chi connectivity index (χ1v) is 4.55. The molecule has 0 aromatic carbocycles. The average Bonchev–Trinajstić information content (AvgIpc) is 2.42. The summed E-state index contributed by atoms with van der Waals surface area (Å²) in [5.41, 5.74) is 0. The SMILES string of the molecule is CC1COC(=O)[C@@H]2[C@@H](C)C=C[C@@H]12. The summed E-state index contributed by atoms with van der Waals surface area (Å²) in [5, 5.41) is 0. The van der Waals surface area contributed by atoms with E-state index in [-0.39, 0.29) is 11.9 Å². The fraction of sp³-hybridized carbons (Fsp3) is 0.700. The first-order chi connectivity index (χ1) is 5.70. The number of hydrogen-bond donors (Lipinski definition) is 0. The fourth-order valence-corrected chi connectivity index (χ4v) is 2.23. The number of esters is 1. The minimum atomic E-state index is -0.00407. The molecule has 0 aromatic heterocycles. The molecule has 2 rings (SSSR count). The molecule has 0 N–H and O–H groups in total. The summed E-state index contributed by atoms with van der Waals surface area (Å²) in [6, 6.07) is 0. The number of cyclic esters (lactones) is 1. The Kier molecular flexibility index (Phi) is 1.71. The van der Waals surface area contributed by atoms with Crippen molar-refractivity contribution >= 4 is 5.97 Å². The maximum Gasteiger partial charge on any atom is 0.310 e. The van der Waals surface area contributed by atoms with E-state index in [0.717, 1.165) is 0 Å². The van der Waals surface area contributed by atoms with Crippen LogP contribution in [0.25, 0.3) is 0 Å². The molecule has 1 saturated heterocycles. The first-order valence-electron chi connectivity index (χ1n) is 4.55. The van der Waals surface area contributed by atoms with Gasteiger partial charge in [-0.15, -0.1) is 0 Å². The molecule has 0 saturated carbocycles. The lowest BCUT2D eigenvalue weighted by molar-refractivity contribution is -0.159. The minimum absolute atomic E-state index is 0.00407. The zero-order chi connectivity index (χ0) is 8.72. The zero-order valence-corrected chi connectivity index (χ0v) is 7.49. The lowest BCUT2D eigenvalue weighted by Crippen LogP contribution is -2.37. The highest BCUT2D eigenvalue weighted by Crippen LogP contribution is 2.39. The molecule has 2 nitrogen and oxygen atoms in total. The molecule has 0 spiro atoms. The van der Waals surface area contributed by atoms with Crippen molar-refractivity contribution in [3.8, 4) is 0 Å². The van der Waals surface area contributed by atoms with Crippen LogP contribution in [0.2, 0.25) is 0 Å². The molecule has 2 heteroatoms. The summed E-state index contributed by atoms with van der Waals surface area (Å²) < 4.78 is 5.10. The van der Waals surface area contributed by atoms with E-state index >= 15 is 0 Å². The molecule has 0 radical (unpaired) electrons. The largest absolute Gasteiger partial charge is 0.465 e. The van der Waals surface area contributed by atoms with Crippen LogP contribution < -0.4 is 0 Å². The highest BCUT2D eigenvalue weighted by atomic mass is 16.5. The number of ether oxygens (including phenoxy) is 1. The minimum Gasteiger partial charge on any atom is -0.465 e. The number of carbonyl (C=O) groups is 1. The third-order valence-electron chi connectivity index (χ3n) is 3.04. The van der Waals surface area contributed by atoms with Crippen molar-refractivity contribution in [2.75, 3.05) is 6.61 Å². The molecule has 1 fully saturated rings. The highest BCUT2D eigenvalue weighted by molar-refractivity contribution is 5.75. The number of allylic oxidation sites excluding steroid dienone is 2. The smallest absolute Gasteiger partial charge is 0.310 e. The Morgan fingerprint density at radius 3 is 2.83 bits per heavy atom. The van der Waals surface area contributed by atoms with E-state index in [0.29, 0.717) is 24.4 Å². The van der Waals surface area contributed by atoms with Gasteiger partial charge in [0.05, 0.1) is 12.5 Å². The lowest BCUT2D eigenvalue weighted by Gasteiger charge is -2.31. The topological polar surface area (TPSA) is 26.3 Å². The van der Waals surface area contributed by atoms with Crippen molar-refractivity contribution in [2.45, 2.75) is 13.8 Å². The number of carbonyl (C=O) groups excluding carboxylic acids is 1. The maximum absolute atomic E-state index is 11.4. The van der Waals surface area contributed by atoms with E-state index in [1.165, 1.54) is 0 Å². The molecule has 66 valence electrons. The predicted octanol–water partition coefficient (Wildman–Crippen LogP) is 1.62. The van der Waals surface area contributed by atoms with Gasteiger partial charge in [-0.1, -0.05) is 26.0 Å². The van der Waals surface area contributed by atoms with Gasteiger partial charge in [0.15, 0.2) is 0 Å². The van der Waals surface area contributed by atoms with Gasteiger partial charge in [-0.3, -0.25) is 4.79 Å². The Bertz CT molecular complexity index is 232. The second kappa shape index (κ2) is 2.61. The molecule has 1 unspecified atom stereocenters. The number of rotatable bonds is 0. The predicted molar refractivity (Wildman–Crippen MR) is 45.4 cm³/mol. The normalized spacial score (nSPS) is 45.7. The summed E-state index contributed by atoms with van der Waals surface area (Å²) in [4.78, 5) is 11.4. The first kappa shape index (κ1) is 7.84. The van der Waals surface area contributed by atoms with E-state index in [1.807, 2.05) is 0 Å². The van der Waals surface area contributed by atoms with Gasteiger partial charge in [0, 0.05) is 0 Å². The lowest BCUT2D eigenvalue weighted by atomic mass is 9.80. The Labute approximate surface area is 72.6 Å². The van der Waals surface area contributed by atoms with Crippen LogP contribution in [0.1, 0.15) is 13.8 Å². The molecule has 0 aromatic rings. The van der Waals surface area contributed by atoms with Crippen LogP contribution in [0.5, 0.6) is 0 Å². The number of fused-ring (bicyclic) bond motifs is 1. The van der Waals surface area contributed by atoms with Crippen LogP contribution in [0.4, 0.5) is 0 Å². The van der Waals surface area contributed by atoms with Gasteiger partial charge in [0.2, 0.25) is 0 Å². The quantitative estimate of drug-likeness (QED) is 0.404. The summed E-state index contributed by atoms with van der Waals surface area (Å²) in [6.45, 7) is 4.82. The molecule has 0 bridgehead atoms. The van der Waals surface area contributed by atoms with Gasteiger partial charge in [-0.05, 0) is 17.8 Å². The monoisotopic (exact) mass is 166 g/mol. The Balaban J connectivity index is 2.23. The van der Waals surface area contributed by atoms with E-state index in [9.17, 15) is 4.79 Å². The molecular weight excluding hydrogens is 152 g/mol. The van der Waals surface area contributed by atoms with Gasteiger partial charge in [0.1, 0.15) is 0 Å². The van der Waals surface area contributed by atoms with Crippen LogP contribution >= 0.6 is 0 Å². The van der Waals surface area contributed by atoms with Gasteiger partial charge in [-0.2, -0.15) is 0 Å². The zero-order valence-electron chi connectivity index (χ0n) is 7.49. The van der Waals surface area contributed by atoms with Crippen molar-refractivity contribution in [1.29, 1.82) is 0 Å². The summed E-state index contributed by atoms with van der Waals surface area (Å²) >= 11 is 0. The molecule has 2 aliphatic rings. The van der Waals surface area contributed by atoms with E-state index in [2.05, 4.69) is 26.0 Å². The van der Waals surface area contributed by atoms with Gasteiger partial charge < -0.3 is 4.74 Å². The molecule has 4 atom stereocenters. The standard InChI is InChI=1S/C10H14O2/c1-6-3-4-8-7(2)5-12-10(11)9(6)8/h3-4,6-9H,5H2,1-2H3/t6-,7?,8-,9+/m0/s1. The average molecular weight is 166 g/mol.